The molecule has 0 fully saturated rings. The van der Waals surface area contributed by atoms with Crippen molar-refractivity contribution >= 4 is 51.9 Å². The molecule has 3 amide bonds. The van der Waals surface area contributed by atoms with E-state index in [2.05, 4.69) is 15.3 Å². The molecule has 0 radical (unpaired) electrons. The van der Waals surface area contributed by atoms with Gasteiger partial charge in [0.05, 0.1) is 5.69 Å². The second-order valence-electron chi connectivity index (χ2n) is 10.3. The van der Waals surface area contributed by atoms with Gasteiger partial charge in [0.15, 0.2) is 5.13 Å². The van der Waals surface area contributed by atoms with Gasteiger partial charge >= 0.3 is 12.2 Å². The van der Waals surface area contributed by atoms with E-state index >= 15 is 0 Å². The Labute approximate surface area is 218 Å². The van der Waals surface area contributed by atoms with Gasteiger partial charge in [0.2, 0.25) is 11.7 Å². The molecule has 0 spiro atoms. The van der Waals surface area contributed by atoms with Gasteiger partial charge in [-0.25, -0.2) is 19.6 Å². The number of hydrogen-bond acceptors (Lipinski definition) is 10. The number of aliphatic hydroxyl groups is 1. The number of allylic oxidation sites excluding steroid dienone is 1. The molecule has 1 aliphatic carbocycles. The van der Waals surface area contributed by atoms with Crippen molar-refractivity contribution < 1.29 is 33.8 Å². The fraction of sp³-hybridized carbons (Fsp3) is 0.440. The number of hydrogen-bond donors (Lipinski definition) is 2. The minimum atomic E-state index is -0.972. The number of thiazole rings is 1. The molecule has 0 aliphatic heterocycles. The summed E-state index contributed by atoms with van der Waals surface area (Å²) in [7, 11) is 0. The van der Waals surface area contributed by atoms with Gasteiger partial charge in [-0.3, -0.25) is 9.59 Å². The number of rotatable bonds is 3. The number of nitrogens with zero attached hydrogens (tertiary/aromatic N) is 3. The van der Waals surface area contributed by atoms with Gasteiger partial charge in [0.1, 0.15) is 27.7 Å². The fourth-order valence-corrected chi connectivity index (χ4v) is 4.36. The van der Waals surface area contributed by atoms with Crippen LogP contribution in [-0.2, 0) is 20.7 Å². The number of nitrogens with one attached hydrogen (secondary N) is 1. The van der Waals surface area contributed by atoms with Crippen LogP contribution in [0.3, 0.4) is 0 Å². The second kappa shape index (κ2) is 10.3. The lowest BCUT2D eigenvalue weighted by molar-refractivity contribution is -0.114. The Morgan fingerprint density at radius 2 is 1.62 bits per heavy atom. The van der Waals surface area contributed by atoms with Gasteiger partial charge in [-0.15, -0.1) is 0 Å². The van der Waals surface area contributed by atoms with Crippen molar-refractivity contribution in [2.24, 2.45) is 0 Å². The zero-order valence-electron chi connectivity index (χ0n) is 21.8. The summed E-state index contributed by atoms with van der Waals surface area (Å²) < 4.78 is 10.7. The average Bonchev–Trinajstić information content (AvgIpc) is 3.14. The Balaban J connectivity index is 1.91. The van der Waals surface area contributed by atoms with Crippen LogP contribution in [0.25, 0.3) is 5.76 Å². The van der Waals surface area contributed by atoms with Crippen molar-refractivity contribution in [1.29, 1.82) is 0 Å². The van der Waals surface area contributed by atoms with Crippen molar-refractivity contribution in [2.75, 3.05) is 10.2 Å². The quantitative estimate of drug-likeness (QED) is 0.400. The molecule has 2 heterocycles. The Morgan fingerprint density at radius 1 is 1.03 bits per heavy atom. The number of ketones is 1. The van der Waals surface area contributed by atoms with Crippen molar-refractivity contribution in [3.63, 3.8) is 0 Å². The first kappa shape index (κ1) is 27.8. The molecule has 1 aliphatic rings. The van der Waals surface area contributed by atoms with Crippen LogP contribution in [0.5, 0.6) is 0 Å². The van der Waals surface area contributed by atoms with Crippen LogP contribution in [0.15, 0.2) is 23.9 Å². The molecule has 0 atom stereocenters. The first-order valence-electron chi connectivity index (χ1n) is 11.5. The summed E-state index contributed by atoms with van der Waals surface area (Å²) in [5.41, 5.74) is -0.798. The molecule has 2 aromatic heterocycles. The summed E-state index contributed by atoms with van der Waals surface area (Å²) in [6.07, 6.45) is -0.0468. The van der Waals surface area contributed by atoms with Crippen LogP contribution in [0.1, 0.15) is 75.8 Å². The molecule has 37 heavy (non-hydrogen) atoms. The maximum absolute atomic E-state index is 13.0. The number of aliphatic hydroxyl groups excluding tert-OH is 1. The minimum Gasteiger partial charge on any atom is -0.507 e. The van der Waals surface area contributed by atoms with Gasteiger partial charge in [0.25, 0.3) is 0 Å². The lowest BCUT2D eigenvalue weighted by atomic mass is 9.93. The van der Waals surface area contributed by atoms with E-state index in [1.807, 2.05) is 0 Å². The van der Waals surface area contributed by atoms with Gasteiger partial charge < -0.3 is 19.9 Å². The maximum Gasteiger partial charge on any atom is 0.425 e. The number of fused-ring (bicyclic) bond motifs is 1. The zero-order valence-corrected chi connectivity index (χ0v) is 22.6. The van der Waals surface area contributed by atoms with E-state index in [1.54, 1.807) is 41.5 Å². The summed E-state index contributed by atoms with van der Waals surface area (Å²) >= 11 is 1.05. The number of aromatic nitrogens is 2. The monoisotopic (exact) mass is 530 g/mol. The van der Waals surface area contributed by atoms with E-state index in [0.717, 1.165) is 11.3 Å². The molecule has 11 nitrogen and oxygen atoms in total. The van der Waals surface area contributed by atoms with E-state index in [9.17, 15) is 24.3 Å². The first-order chi connectivity index (χ1) is 17.1. The highest BCUT2D eigenvalue weighted by molar-refractivity contribution is 7.18. The topological polar surface area (TPSA) is 148 Å². The molecule has 0 aromatic carbocycles. The summed E-state index contributed by atoms with van der Waals surface area (Å²) in [5.74, 6) is -1.04. The molecule has 0 unspecified atom stereocenters. The van der Waals surface area contributed by atoms with Gasteiger partial charge in [-0.1, -0.05) is 11.3 Å². The fourth-order valence-electron chi connectivity index (χ4n) is 3.33. The van der Waals surface area contributed by atoms with Crippen LogP contribution in [-0.4, -0.2) is 50.2 Å². The molecular formula is C25H30N4O7S. The van der Waals surface area contributed by atoms with Crippen molar-refractivity contribution in [3.8, 4) is 0 Å². The second-order valence-corrected chi connectivity index (χ2v) is 11.3. The highest BCUT2D eigenvalue weighted by Gasteiger charge is 2.34. The Hall–Kier alpha value is -3.80. The van der Waals surface area contributed by atoms with Crippen molar-refractivity contribution in [1.82, 2.24) is 9.97 Å². The van der Waals surface area contributed by atoms with Crippen molar-refractivity contribution in [2.45, 2.75) is 72.5 Å². The number of carbonyl (C=O) groups is 4. The molecule has 2 N–H and O–H groups in total. The van der Waals surface area contributed by atoms with E-state index in [-0.39, 0.29) is 40.8 Å². The molecule has 0 saturated carbocycles. The lowest BCUT2D eigenvalue weighted by Gasteiger charge is -2.28. The van der Waals surface area contributed by atoms with Crippen LogP contribution in [0.4, 0.5) is 20.5 Å². The number of pyridine rings is 1. The zero-order chi connectivity index (χ0) is 27.7. The van der Waals surface area contributed by atoms with Crippen LogP contribution < -0.4 is 10.2 Å². The average molecular weight is 531 g/mol. The Kier molecular flexibility index (Phi) is 7.72. The Morgan fingerprint density at radius 3 is 2.11 bits per heavy atom. The summed E-state index contributed by atoms with van der Waals surface area (Å²) in [5, 5.41) is 13.8. The number of Topliss-reactive ketones (excluding diaryl/α,β-unsaturated/α-hetero) is 1. The third kappa shape index (κ3) is 6.91. The summed E-state index contributed by atoms with van der Waals surface area (Å²) in [6, 6.07) is 2.78. The van der Waals surface area contributed by atoms with E-state index < -0.39 is 23.4 Å². The Bertz CT molecular complexity index is 1240. The number of amides is 3. The lowest BCUT2D eigenvalue weighted by Crippen LogP contribution is -2.44. The number of carbonyl (C=O) groups excluding carboxylic acids is 4. The van der Waals surface area contributed by atoms with E-state index in [4.69, 9.17) is 9.47 Å². The van der Waals surface area contributed by atoms with E-state index in [0.29, 0.717) is 27.0 Å². The number of imide groups is 1. The standard InChI is InChI=1S/C25H30N4O7S/c1-13(30)27-21-28-16-10-9-15(19(32)20(16)37-21)18(31)14-8-11-17(26-12-14)29(22(33)35-24(2,3)4)23(34)36-25(5,6)7/h8,11-12,31H,9-10H2,1-7H3,(H,27,28,30). The van der Waals surface area contributed by atoms with Gasteiger partial charge in [-0.2, -0.15) is 4.90 Å². The van der Waals surface area contributed by atoms with Crippen LogP contribution in [0.2, 0.25) is 0 Å². The largest absolute Gasteiger partial charge is 0.507 e. The van der Waals surface area contributed by atoms with Crippen LogP contribution in [0, 0.1) is 0 Å². The highest BCUT2D eigenvalue weighted by atomic mass is 32.1. The van der Waals surface area contributed by atoms with Crippen LogP contribution >= 0.6 is 11.3 Å². The maximum atomic E-state index is 13.0. The van der Waals surface area contributed by atoms with E-state index in [1.165, 1.54) is 25.3 Å². The summed E-state index contributed by atoms with van der Waals surface area (Å²) in [4.78, 5) is 59.4. The summed E-state index contributed by atoms with van der Waals surface area (Å²) in [6.45, 7) is 11.3. The molecule has 3 rings (SSSR count). The van der Waals surface area contributed by atoms with Gasteiger partial charge in [0, 0.05) is 24.3 Å². The normalized spacial score (nSPS) is 14.9. The van der Waals surface area contributed by atoms with Gasteiger partial charge in [-0.05, 0) is 66.5 Å². The number of anilines is 2. The predicted molar refractivity (Wildman–Crippen MR) is 138 cm³/mol. The third-order valence-electron chi connectivity index (χ3n) is 4.76. The smallest absolute Gasteiger partial charge is 0.425 e. The number of ether oxygens (including phenoxy) is 2. The predicted octanol–water partition coefficient (Wildman–Crippen LogP) is 5.27. The molecule has 0 saturated heterocycles. The third-order valence-corrected chi connectivity index (χ3v) is 5.77. The molecule has 2 aromatic rings. The highest BCUT2D eigenvalue weighted by Crippen LogP contribution is 2.35. The minimum absolute atomic E-state index is 0.0790. The molecule has 0 bridgehead atoms. The number of aryl methyl sites for hydroxylation is 1. The first-order valence-corrected chi connectivity index (χ1v) is 12.3. The SMILES string of the molecule is CC(=O)Nc1nc2c(s1)C(=O)C(=C(O)c1ccc(N(C(=O)OC(C)(C)C)C(=O)OC(C)(C)C)nc1)CC2. The molecule has 12 heteroatoms. The molecular weight excluding hydrogens is 500 g/mol. The molecule has 198 valence electrons. The van der Waals surface area contributed by atoms with Crippen molar-refractivity contribution in [3.05, 3.63) is 40.0 Å².